The number of aliphatic carboxylic acids is 1. The van der Waals surface area contributed by atoms with Gasteiger partial charge in [-0.05, 0) is 24.1 Å². The third kappa shape index (κ3) is 6.49. The maximum atomic E-state index is 10.7. The minimum Gasteiger partial charge on any atom is -0.494 e. The van der Waals surface area contributed by atoms with Gasteiger partial charge < -0.3 is 14.6 Å². The Labute approximate surface area is 144 Å². The van der Waals surface area contributed by atoms with Crippen LogP contribution in [-0.4, -0.2) is 48.8 Å². The molecule has 5 nitrogen and oxygen atoms in total. The normalized spacial score (nSPS) is 18.5. The Morgan fingerprint density at radius 1 is 1.29 bits per heavy atom. The van der Waals surface area contributed by atoms with Crippen LogP contribution in [0.5, 0.6) is 5.75 Å². The highest BCUT2D eigenvalue weighted by Gasteiger charge is 2.22. The Morgan fingerprint density at radius 2 is 2.08 bits per heavy atom. The fourth-order valence-corrected chi connectivity index (χ4v) is 2.86. The fourth-order valence-electron chi connectivity index (χ4n) is 2.86. The van der Waals surface area contributed by atoms with Crippen molar-refractivity contribution in [2.45, 2.75) is 45.1 Å². The third-order valence-electron chi connectivity index (χ3n) is 4.31. The number of ether oxygens (including phenoxy) is 2. The van der Waals surface area contributed by atoms with Crippen LogP contribution in [0.25, 0.3) is 0 Å². The Morgan fingerprint density at radius 3 is 2.79 bits per heavy atom. The summed E-state index contributed by atoms with van der Waals surface area (Å²) in [6, 6.07) is 8.09. The van der Waals surface area contributed by atoms with Crippen molar-refractivity contribution >= 4 is 5.97 Å². The highest BCUT2D eigenvalue weighted by Crippen LogP contribution is 2.24. The van der Waals surface area contributed by atoms with Gasteiger partial charge >= 0.3 is 5.97 Å². The standard InChI is InChI=1S/C19H29NO4/c1-2-3-4-5-13-23-17-8-6-16(7-9-17)18-15-20(12-14-24-18)11-10-19(21)22/h6-9,18H,2-5,10-15H2,1H3,(H,21,22). The summed E-state index contributed by atoms with van der Waals surface area (Å²) >= 11 is 0. The second kappa shape index (κ2) is 10.3. The summed E-state index contributed by atoms with van der Waals surface area (Å²) in [6.07, 6.45) is 5.00. The monoisotopic (exact) mass is 335 g/mol. The summed E-state index contributed by atoms with van der Waals surface area (Å²) in [5.41, 5.74) is 1.12. The van der Waals surface area contributed by atoms with Crippen molar-refractivity contribution in [3.8, 4) is 5.75 Å². The molecule has 1 aromatic carbocycles. The van der Waals surface area contributed by atoms with Gasteiger partial charge in [0.2, 0.25) is 0 Å². The maximum absolute atomic E-state index is 10.7. The van der Waals surface area contributed by atoms with Crippen LogP contribution in [0.15, 0.2) is 24.3 Å². The number of carbonyl (C=O) groups is 1. The van der Waals surface area contributed by atoms with Crippen LogP contribution in [0.4, 0.5) is 0 Å². The molecule has 1 saturated heterocycles. The molecule has 1 aromatic rings. The number of morpholine rings is 1. The first-order valence-electron chi connectivity index (χ1n) is 8.97. The SMILES string of the molecule is CCCCCCOc1ccc(C2CN(CCC(=O)O)CCO2)cc1. The minimum absolute atomic E-state index is 0.00569. The number of hydrogen-bond donors (Lipinski definition) is 1. The molecule has 5 heteroatoms. The molecule has 1 N–H and O–H groups in total. The number of rotatable bonds is 10. The van der Waals surface area contributed by atoms with Crippen LogP contribution in [0.1, 0.15) is 50.7 Å². The largest absolute Gasteiger partial charge is 0.494 e. The van der Waals surface area contributed by atoms with Crippen LogP contribution in [-0.2, 0) is 9.53 Å². The first kappa shape index (κ1) is 18.7. The molecule has 0 bridgehead atoms. The van der Waals surface area contributed by atoms with E-state index in [1.54, 1.807) is 0 Å². The molecule has 0 saturated carbocycles. The lowest BCUT2D eigenvalue weighted by Gasteiger charge is -2.32. The van der Waals surface area contributed by atoms with E-state index in [1.165, 1.54) is 19.3 Å². The molecule has 1 aliphatic rings. The molecule has 0 spiro atoms. The lowest BCUT2D eigenvalue weighted by Crippen LogP contribution is -2.39. The highest BCUT2D eigenvalue weighted by molar-refractivity contribution is 5.66. The number of carboxylic acid groups (broad SMARTS) is 1. The molecular formula is C19H29NO4. The zero-order valence-corrected chi connectivity index (χ0v) is 14.6. The summed E-state index contributed by atoms with van der Waals surface area (Å²) in [4.78, 5) is 12.9. The van der Waals surface area contributed by atoms with Crippen molar-refractivity contribution in [3.63, 3.8) is 0 Å². The van der Waals surface area contributed by atoms with Crippen molar-refractivity contribution in [3.05, 3.63) is 29.8 Å². The second-order valence-corrected chi connectivity index (χ2v) is 6.28. The Bertz CT molecular complexity index is 489. The average molecular weight is 335 g/mol. The molecule has 1 heterocycles. The van der Waals surface area contributed by atoms with Crippen LogP contribution in [0, 0.1) is 0 Å². The zero-order valence-electron chi connectivity index (χ0n) is 14.6. The lowest BCUT2D eigenvalue weighted by atomic mass is 10.1. The van der Waals surface area contributed by atoms with E-state index in [0.29, 0.717) is 13.2 Å². The maximum Gasteiger partial charge on any atom is 0.304 e. The van der Waals surface area contributed by atoms with Gasteiger partial charge in [0.15, 0.2) is 0 Å². The van der Waals surface area contributed by atoms with Gasteiger partial charge in [0.1, 0.15) is 5.75 Å². The summed E-state index contributed by atoms with van der Waals surface area (Å²) in [6.45, 7) is 5.72. The predicted molar refractivity (Wildman–Crippen MR) is 93.5 cm³/mol. The van der Waals surface area contributed by atoms with Gasteiger partial charge in [-0.3, -0.25) is 9.69 Å². The van der Waals surface area contributed by atoms with E-state index in [4.69, 9.17) is 14.6 Å². The molecule has 24 heavy (non-hydrogen) atoms. The van der Waals surface area contributed by atoms with Gasteiger partial charge in [-0.2, -0.15) is 0 Å². The van der Waals surface area contributed by atoms with E-state index in [1.807, 2.05) is 24.3 Å². The summed E-state index contributed by atoms with van der Waals surface area (Å²) in [5.74, 6) is 0.146. The van der Waals surface area contributed by atoms with E-state index in [-0.39, 0.29) is 12.5 Å². The molecule has 1 aliphatic heterocycles. The fraction of sp³-hybridized carbons (Fsp3) is 0.632. The summed E-state index contributed by atoms with van der Waals surface area (Å²) < 4.78 is 11.6. The van der Waals surface area contributed by atoms with Crippen molar-refractivity contribution in [1.82, 2.24) is 4.90 Å². The number of nitrogens with zero attached hydrogens (tertiary/aromatic N) is 1. The van der Waals surface area contributed by atoms with Gasteiger partial charge in [0.05, 0.1) is 25.7 Å². The average Bonchev–Trinajstić information content (AvgIpc) is 2.60. The molecule has 2 rings (SSSR count). The van der Waals surface area contributed by atoms with E-state index in [9.17, 15) is 4.79 Å². The molecule has 0 amide bonds. The first-order chi connectivity index (χ1) is 11.7. The van der Waals surface area contributed by atoms with E-state index in [2.05, 4.69) is 11.8 Å². The van der Waals surface area contributed by atoms with Crippen molar-refractivity contribution in [2.75, 3.05) is 32.8 Å². The quantitative estimate of drug-likeness (QED) is 0.663. The number of unbranched alkanes of at least 4 members (excludes halogenated alkanes) is 3. The van der Waals surface area contributed by atoms with Crippen molar-refractivity contribution in [2.24, 2.45) is 0 Å². The smallest absolute Gasteiger partial charge is 0.304 e. The first-order valence-corrected chi connectivity index (χ1v) is 8.97. The Hall–Kier alpha value is -1.59. The van der Waals surface area contributed by atoms with Crippen LogP contribution < -0.4 is 4.74 Å². The predicted octanol–water partition coefficient (Wildman–Crippen LogP) is 3.49. The van der Waals surface area contributed by atoms with E-state index in [0.717, 1.165) is 37.4 Å². The zero-order chi connectivity index (χ0) is 17.2. The molecule has 134 valence electrons. The third-order valence-corrected chi connectivity index (χ3v) is 4.31. The van der Waals surface area contributed by atoms with Gasteiger partial charge in [-0.1, -0.05) is 38.3 Å². The Balaban J connectivity index is 1.78. The van der Waals surface area contributed by atoms with Gasteiger partial charge in [0, 0.05) is 19.6 Å². The van der Waals surface area contributed by atoms with Crippen molar-refractivity contribution < 1.29 is 19.4 Å². The molecule has 0 radical (unpaired) electrons. The van der Waals surface area contributed by atoms with Crippen LogP contribution in [0.2, 0.25) is 0 Å². The van der Waals surface area contributed by atoms with Gasteiger partial charge in [-0.25, -0.2) is 0 Å². The highest BCUT2D eigenvalue weighted by atomic mass is 16.5. The molecule has 0 aliphatic carbocycles. The Kier molecular flexibility index (Phi) is 8.05. The summed E-state index contributed by atoms with van der Waals surface area (Å²) in [5, 5.41) is 8.80. The number of hydrogen-bond acceptors (Lipinski definition) is 4. The molecule has 1 fully saturated rings. The molecule has 1 atom stereocenters. The minimum atomic E-state index is -0.751. The van der Waals surface area contributed by atoms with Gasteiger partial charge in [-0.15, -0.1) is 0 Å². The molecular weight excluding hydrogens is 306 g/mol. The second-order valence-electron chi connectivity index (χ2n) is 6.28. The van der Waals surface area contributed by atoms with E-state index >= 15 is 0 Å². The lowest BCUT2D eigenvalue weighted by molar-refractivity contribution is -0.137. The number of carboxylic acids is 1. The van der Waals surface area contributed by atoms with Gasteiger partial charge in [0.25, 0.3) is 0 Å². The van der Waals surface area contributed by atoms with E-state index < -0.39 is 5.97 Å². The summed E-state index contributed by atoms with van der Waals surface area (Å²) in [7, 11) is 0. The van der Waals surface area contributed by atoms with Crippen LogP contribution >= 0.6 is 0 Å². The topological polar surface area (TPSA) is 59.0 Å². The molecule has 0 aromatic heterocycles. The number of benzene rings is 1. The van der Waals surface area contributed by atoms with Crippen LogP contribution in [0.3, 0.4) is 0 Å². The van der Waals surface area contributed by atoms with Crippen molar-refractivity contribution in [1.29, 1.82) is 0 Å². The molecule has 1 unspecified atom stereocenters.